The van der Waals surface area contributed by atoms with Gasteiger partial charge in [-0.25, -0.2) is 4.31 Å². The molecule has 0 aromatic heterocycles. The van der Waals surface area contributed by atoms with Crippen LogP contribution in [-0.4, -0.2) is 23.9 Å². The van der Waals surface area contributed by atoms with E-state index in [1.54, 1.807) is 0 Å². The van der Waals surface area contributed by atoms with Crippen molar-refractivity contribution < 1.29 is 0 Å². The van der Waals surface area contributed by atoms with Crippen molar-refractivity contribution in [2.45, 2.75) is 65.9 Å². The van der Waals surface area contributed by atoms with Gasteiger partial charge in [-0.3, -0.25) is 0 Å². The van der Waals surface area contributed by atoms with Gasteiger partial charge in [0.25, 0.3) is 0 Å². The third-order valence-electron chi connectivity index (χ3n) is 3.33. The first-order chi connectivity index (χ1) is 10.0. The minimum atomic E-state index is 0.296. The fraction of sp³-hybridized carbons (Fsp3) is 0.667. The molecule has 122 valence electrons. The maximum atomic E-state index is 3.44. The van der Waals surface area contributed by atoms with Gasteiger partial charge in [0.2, 0.25) is 0 Å². The van der Waals surface area contributed by atoms with E-state index < -0.39 is 0 Å². The van der Waals surface area contributed by atoms with E-state index in [-0.39, 0.29) is 0 Å². The SMILES string of the molecule is CC.CC.CNC(CN1Cc2ccccc2S1)C(C)(C)C. The molecule has 0 saturated carbocycles. The Hall–Kier alpha value is -0.510. The molecule has 0 bridgehead atoms. The lowest BCUT2D eigenvalue weighted by Crippen LogP contribution is -2.44. The molecule has 0 spiro atoms. The molecule has 1 aliphatic heterocycles. The Morgan fingerprint density at radius 1 is 1.14 bits per heavy atom. The molecule has 0 amide bonds. The number of hydrogen-bond donors (Lipinski definition) is 1. The molecule has 0 fully saturated rings. The highest BCUT2D eigenvalue weighted by Gasteiger charge is 2.28. The van der Waals surface area contributed by atoms with Crippen LogP contribution in [0, 0.1) is 5.41 Å². The molecule has 2 rings (SSSR count). The van der Waals surface area contributed by atoms with Gasteiger partial charge in [0.05, 0.1) is 0 Å². The fourth-order valence-electron chi connectivity index (χ4n) is 2.19. The van der Waals surface area contributed by atoms with Crippen LogP contribution in [-0.2, 0) is 6.54 Å². The lowest BCUT2D eigenvalue weighted by atomic mass is 9.87. The number of fused-ring (bicyclic) bond motifs is 1. The standard InChI is InChI=1S/C14H22N2S.2C2H6/c1-14(2,3)13(15-4)10-16-9-11-7-5-6-8-12(11)17-16;2*1-2/h5-8,13,15H,9-10H2,1-4H3;2*1-2H3. The molecule has 0 aliphatic carbocycles. The molecule has 21 heavy (non-hydrogen) atoms. The predicted molar refractivity (Wildman–Crippen MR) is 97.7 cm³/mol. The normalized spacial score (nSPS) is 15.2. The summed E-state index contributed by atoms with van der Waals surface area (Å²) >= 11 is 1.89. The van der Waals surface area contributed by atoms with E-state index >= 15 is 0 Å². The molecule has 2 nitrogen and oxygen atoms in total. The van der Waals surface area contributed by atoms with Gasteiger partial charge in [-0.15, -0.1) is 0 Å². The second kappa shape index (κ2) is 10.3. The number of benzene rings is 1. The van der Waals surface area contributed by atoms with Crippen molar-refractivity contribution in [3.63, 3.8) is 0 Å². The van der Waals surface area contributed by atoms with Crippen LogP contribution >= 0.6 is 11.9 Å². The summed E-state index contributed by atoms with van der Waals surface area (Å²) in [5.41, 5.74) is 1.76. The largest absolute Gasteiger partial charge is 0.315 e. The molecular formula is C18H34N2S. The maximum Gasteiger partial charge on any atom is 0.0356 e. The van der Waals surface area contributed by atoms with Crippen molar-refractivity contribution >= 4 is 11.9 Å². The van der Waals surface area contributed by atoms with Gasteiger partial charge in [0.15, 0.2) is 0 Å². The van der Waals surface area contributed by atoms with Crippen LogP contribution in [0.1, 0.15) is 54.0 Å². The summed E-state index contributed by atoms with van der Waals surface area (Å²) in [6, 6.07) is 9.21. The molecule has 3 heteroatoms. The van der Waals surface area contributed by atoms with Crippen LogP contribution in [0.5, 0.6) is 0 Å². The van der Waals surface area contributed by atoms with E-state index in [2.05, 4.69) is 61.7 Å². The first kappa shape index (κ1) is 20.5. The van der Waals surface area contributed by atoms with Crippen molar-refractivity contribution in [2.75, 3.05) is 13.6 Å². The molecule has 1 unspecified atom stereocenters. The summed E-state index contributed by atoms with van der Waals surface area (Å²) in [6.45, 7) is 17.0. The number of likely N-dealkylation sites (N-methyl/N-ethyl adjacent to an activating group) is 1. The highest BCUT2D eigenvalue weighted by atomic mass is 32.2. The lowest BCUT2D eigenvalue weighted by molar-refractivity contribution is 0.241. The Bertz CT molecular complexity index is 360. The summed E-state index contributed by atoms with van der Waals surface area (Å²) in [7, 11) is 2.06. The topological polar surface area (TPSA) is 15.3 Å². The monoisotopic (exact) mass is 310 g/mol. The third-order valence-corrected chi connectivity index (χ3v) is 4.46. The number of nitrogens with zero attached hydrogens (tertiary/aromatic N) is 1. The fourth-order valence-corrected chi connectivity index (χ4v) is 3.28. The van der Waals surface area contributed by atoms with E-state index in [4.69, 9.17) is 0 Å². The van der Waals surface area contributed by atoms with E-state index in [1.807, 2.05) is 39.6 Å². The first-order valence-corrected chi connectivity index (χ1v) is 8.96. The number of rotatable bonds is 3. The highest BCUT2D eigenvalue weighted by molar-refractivity contribution is 7.97. The second-order valence-electron chi connectivity index (χ2n) is 5.73. The minimum Gasteiger partial charge on any atom is -0.315 e. The van der Waals surface area contributed by atoms with E-state index in [1.165, 1.54) is 10.5 Å². The Labute approximate surface area is 136 Å². The molecule has 1 atom stereocenters. The average Bonchev–Trinajstić information content (AvgIpc) is 2.90. The van der Waals surface area contributed by atoms with Crippen LogP contribution in [0.2, 0.25) is 0 Å². The van der Waals surface area contributed by atoms with Gasteiger partial charge in [-0.2, -0.15) is 0 Å². The zero-order valence-corrected chi connectivity index (χ0v) is 16.0. The van der Waals surface area contributed by atoms with Gasteiger partial charge < -0.3 is 5.32 Å². The Morgan fingerprint density at radius 3 is 2.19 bits per heavy atom. The molecule has 1 aliphatic rings. The van der Waals surface area contributed by atoms with E-state index in [0.29, 0.717) is 11.5 Å². The van der Waals surface area contributed by atoms with Crippen LogP contribution in [0.3, 0.4) is 0 Å². The molecule has 0 saturated heterocycles. The highest BCUT2D eigenvalue weighted by Crippen LogP contribution is 2.36. The van der Waals surface area contributed by atoms with Crippen molar-refractivity contribution in [1.82, 2.24) is 9.62 Å². The van der Waals surface area contributed by atoms with Crippen molar-refractivity contribution in [1.29, 1.82) is 0 Å². The van der Waals surface area contributed by atoms with Gasteiger partial charge in [0, 0.05) is 24.0 Å². The summed E-state index contributed by atoms with van der Waals surface area (Å²) in [5.74, 6) is 0. The van der Waals surface area contributed by atoms with Gasteiger partial charge in [-0.05, 0) is 36.0 Å². The summed E-state index contributed by atoms with van der Waals surface area (Å²) in [5, 5.41) is 3.44. The summed E-state index contributed by atoms with van der Waals surface area (Å²) in [6.07, 6.45) is 0. The molecule has 1 aromatic rings. The second-order valence-corrected chi connectivity index (χ2v) is 6.87. The molecule has 1 heterocycles. The molecular weight excluding hydrogens is 276 g/mol. The first-order valence-electron chi connectivity index (χ1n) is 8.19. The van der Waals surface area contributed by atoms with Crippen molar-refractivity contribution in [2.24, 2.45) is 5.41 Å². The van der Waals surface area contributed by atoms with Crippen LogP contribution < -0.4 is 5.32 Å². The van der Waals surface area contributed by atoms with Gasteiger partial charge in [-0.1, -0.05) is 66.7 Å². The number of hydrogen-bond acceptors (Lipinski definition) is 3. The lowest BCUT2D eigenvalue weighted by Gasteiger charge is -2.33. The summed E-state index contributed by atoms with van der Waals surface area (Å²) < 4.78 is 2.46. The molecule has 1 aromatic carbocycles. The minimum absolute atomic E-state index is 0.296. The summed E-state index contributed by atoms with van der Waals surface area (Å²) in [4.78, 5) is 1.41. The quantitative estimate of drug-likeness (QED) is 0.773. The Kier molecular flexibility index (Phi) is 10.0. The molecule has 1 N–H and O–H groups in total. The third kappa shape index (κ3) is 6.41. The van der Waals surface area contributed by atoms with E-state index in [9.17, 15) is 0 Å². The van der Waals surface area contributed by atoms with Gasteiger partial charge in [0.1, 0.15) is 0 Å². The van der Waals surface area contributed by atoms with Crippen LogP contribution in [0.25, 0.3) is 0 Å². The Morgan fingerprint density at radius 2 is 1.71 bits per heavy atom. The maximum absolute atomic E-state index is 3.44. The van der Waals surface area contributed by atoms with Crippen molar-refractivity contribution in [3.05, 3.63) is 29.8 Å². The number of nitrogens with one attached hydrogen (secondary N) is 1. The van der Waals surface area contributed by atoms with E-state index in [0.717, 1.165) is 13.1 Å². The zero-order chi connectivity index (χ0) is 16.5. The van der Waals surface area contributed by atoms with Crippen molar-refractivity contribution in [3.8, 4) is 0 Å². The average molecular weight is 311 g/mol. The van der Waals surface area contributed by atoms with Gasteiger partial charge >= 0.3 is 0 Å². The van der Waals surface area contributed by atoms with Crippen LogP contribution in [0.15, 0.2) is 29.2 Å². The van der Waals surface area contributed by atoms with Crippen LogP contribution in [0.4, 0.5) is 0 Å². The zero-order valence-electron chi connectivity index (χ0n) is 15.2. The molecule has 0 radical (unpaired) electrons. The predicted octanol–water partition coefficient (Wildman–Crippen LogP) is 5.20. The smallest absolute Gasteiger partial charge is 0.0356 e. The Balaban J connectivity index is 0.000000921.